The summed E-state index contributed by atoms with van der Waals surface area (Å²) in [5, 5.41) is 22.5. The van der Waals surface area contributed by atoms with Gasteiger partial charge in [0.2, 0.25) is 0 Å². The van der Waals surface area contributed by atoms with E-state index >= 15 is 0 Å². The SMILES string of the molecule is CC(O)(CNC/C=C/c1ccc(C#N)cc1)CN1CCOCC1. The fraction of sp³-hybridized carbons (Fsp3) is 0.500. The van der Waals surface area contributed by atoms with Crippen LogP contribution in [0.25, 0.3) is 6.08 Å². The zero-order valence-corrected chi connectivity index (χ0v) is 13.7. The first-order valence-electron chi connectivity index (χ1n) is 7.99. The average molecular weight is 315 g/mol. The maximum absolute atomic E-state index is 10.4. The van der Waals surface area contributed by atoms with Crippen LogP contribution in [0.5, 0.6) is 0 Å². The lowest BCUT2D eigenvalue weighted by atomic mass is 10.1. The van der Waals surface area contributed by atoms with Crippen molar-refractivity contribution < 1.29 is 9.84 Å². The lowest BCUT2D eigenvalue weighted by molar-refractivity contribution is -0.0214. The number of nitrogens with one attached hydrogen (secondary N) is 1. The van der Waals surface area contributed by atoms with Crippen LogP contribution in [0, 0.1) is 11.3 Å². The lowest BCUT2D eigenvalue weighted by Gasteiger charge is -2.33. The molecule has 0 aromatic heterocycles. The quantitative estimate of drug-likeness (QED) is 0.741. The van der Waals surface area contributed by atoms with Crippen molar-refractivity contribution in [2.24, 2.45) is 0 Å². The van der Waals surface area contributed by atoms with Crippen LogP contribution in [-0.4, -0.2) is 61.5 Å². The normalized spacial score (nSPS) is 18.7. The molecule has 2 rings (SSSR count). The molecule has 1 aromatic rings. The Morgan fingerprint density at radius 1 is 1.35 bits per heavy atom. The molecule has 2 N–H and O–H groups in total. The van der Waals surface area contributed by atoms with Gasteiger partial charge in [-0.3, -0.25) is 4.90 Å². The van der Waals surface area contributed by atoms with Crippen LogP contribution in [0.4, 0.5) is 0 Å². The molecule has 23 heavy (non-hydrogen) atoms. The molecular formula is C18H25N3O2. The monoisotopic (exact) mass is 315 g/mol. The van der Waals surface area contributed by atoms with Gasteiger partial charge in [-0.2, -0.15) is 5.26 Å². The molecule has 1 unspecified atom stereocenters. The average Bonchev–Trinajstić information content (AvgIpc) is 2.55. The fourth-order valence-electron chi connectivity index (χ4n) is 2.59. The van der Waals surface area contributed by atoms with E-state index in [0.717, 1.165) is 31.9 Å². The van der Waals surface area contributed by atoms with E-state index < -0.39 is 5.60 Å². The Balaban J connectivity index is 1.68. The van der Waals surface area contributed by atoms with E-state index in [-0.39, 0.29) is 0 Å². The van der Waals surface area contributed by atoms with Gasteiger partial charge in [-0.1, -0.05) is 24.3 Å². The van der Waals surface area contributed by atoms with Crippen molar-refractivity contribution in [3.63, 3.8) is 0 Å². The maximum atomic E-state index is 10.4. The first-order chi connectivity index (χ1) is 11.1. The van der Waals surface area contributed by atoms with Crippen molar-refractivity contribution in [2.45, 2.75) is 12.5 Å². The van der Waals surface area contributed by atoms with Gasteiger partial charge in [0.05, 0.1) is 30.4 Å². The minimum atomic E-state index is -0.750. The van der Waals surface area contributed by atoms with Gasteiger partial charge in [0.25, 0.3) is 0 Å². The molecule has 1 saturated heterocycles. The molecule has 0 radical (unpaired) electrons. The Morgan fingerprint density at radius 3 is 2.70 bits per heavy atom. The van der Waals surface area contributed by atoms with E-state index in [9.17, 15) is 5.11 Å². The van der Waals surface area contributed by atoms with Gasteiger partial charge in [-0.25, -0.2) is 0 Å². The largest absolute Gasteiger partial charge is 0.388 e. The van der Waals surface area contributed by atoms with E-state index in [1.54, 1.807) is 12.1 Å². The van der Waals surface area contributed by atoms with Crippen molar-refractivity contribution in [2.75, 3.05) is 45.9 Å². The molecule has 1 atom stereocenters. The van der Waals surface area contributed by atoms with Crippen molar-refractivity contribution >= 4 is 6.08 Å². The highest BCUT2D eigenvalue weighted by atomic mass is 16.5. The molecule has 0 spiro atoms. The molecule has 1 aromatic carbocycles. The topological polar surface area (TPSA) is 68.5 Å². The highest BCUT2D eigenvalue weighted by Gasteiger charge is 2.24. The molecule has 1 fully saturated rings. The van der Waals surface area contributed by atoms with E-state index in [2.05, 4.69) is 16.3 Å². The summed E-state index contributed by atoms with van der Waals surface area (Å²) in [4.78, 5) is 2.23. The van der Waals surface area contributed by atoms with Crippen LogP contribution >= 0.6 is 0 Å². The highest BCUT2D eigenvalue weighted by molar-refractivity contribution is 5.51. The molecule has 0 amide bonds. The second kappa shape index (κ2) is 8.80. The van der Waals surface area contributed by atoms with Crippen LogP contribution in [0.3, 0.4) is 0 Å². The minimum Gasteiger partial charge on any atom is -0.388 e. The summed E-state index contributed by atoms with van der Waals surface area (Å²) < 4.78 is 5.32. The molecule has 5 nitrogen and oxygen atoms in total. The Bertz CT molecular complexity index is 540. The molecular weight excluding hydrogens is 290 g/mol. The van der Waals surface area contributed by atoms with E-state index in [4.69, 9.17) is 10.00 Å². The minimum absolute atomic E-state index is 0.544. The number of morpholine rings is 1. The summed E-state index contributed by atoms with van der Waals surface area (Å²) in [6.45, 7) is 7.01. The second-order valence-electron chi connectivity index (χ2n) is 6.15. The molecule has 1 aliphatic rings. The van der Waals surface area contributed by atoms with Gasteiger partial charge >= 0.3 is 0 Å². The summed E-state index contributed by atoms with van der Waals surface area (Å²) in [7, 11) is 0. The number of benzene rings is 1. The second-order valence-corrected chi connectivity index (χ2v) is 6.15. The molecule has 0 saturated carbocycles. The third-order valence-electron chi connectivity index (χ3n) is 3.79. The summed E-state index contributed by atoms with van der Waals surface area (Å²) in [5.74, 6) is 0. The Morgan fingerprint density at radius 2 is 2.04 bits per heavy atom. The van der Waals surface area contributed by atoms with Crippen LogP contribution < -0.4 is 5.32 Å². The number of nitrogens with zero attached hydrogens (tertiary/aromatic N) is 2. The van der Waals surface area contributed by atoms with Gasteiger partial charge in [0.1, 0.15) is 0 Å². The third-order valence-corrected chi connectivity index (χ3v) is 3.79. The Kier molecular flexibility index (Phi) is 6.75. The summed E-state index contributed by atoms with van der Waals surface area (Å²) in [6, 6.07) is 9.56. The van der Waals surface area contributed by atoms with E-state index in [1.807, 2.05) is 31.2 Å². The fourth-order valence-corrected chi connectivity index (χ4v) is 2.59. The van der Waals surface area contributed by atoms with Crippen LogP contribution in [0.2, 0.25) is 0 Å². The number of aliphatic hydroxyl groups is 1. The zero-order valence-electron chi connectivity index (χ0n) is 13.7. The molecule has 0 bridgehead atoms. The summed E-state index contributed by atoms with van der Waals surface area (Å²) in [5.41, 5.74) is 0.977. The first kappa shape index (κ1) is 17.6. The first-order valence-corrected chi connectivity index (χ1v) is 7.99. The van der Waals surface area contributed by atoms with E-state index in [1.165, 1.54) is 0 Å². The van der Waals surface area contributed by atoms with Gasteiger partial charge in [0, 0.05) is 32.7 Å². The third kappa shape index (κ3) is 6.51. The van der Waals surface area contributed by atoms with Crippen molar-refractivity contribution in [1.29, 1.82) is 5.26 Å². The number of rotatable bonds is 7. The predicted octanol–water partition coefficient (Wildman–Crippen LogP) is 1.24. The lowest BCUT2D eigenvalue weighted by Crippen LogP contribution is -2.50. The van der Waals surface area contributed by atoms with Crippen LogP contribution in [-0.2, 0) is 4.74 Å². The van der Waals surface area contributed by atoms with Gasteiger partial charge < -0.3 is 15.2 Å². The summed E-state index contributed by atoms with van der Waals surface area (Å²) >= 11 is 0. The molecule has 5 heteroatoms. The number of β-amino-alcohol motifs (C(OH)–C–C–N with tert-alkyl or cyclic N) is 1. The van der Waals surface area contributed by atoms with Crippen molar-refractivity contribution in [3.05, 3.63) is 41.5 Å². The maximum Gasteiger partial charge on any atom is 0.0991 e. The predicted molar refractivity (Wildman–Crippen MR) is 90.9 cm³/mol. The molecule has 0 aliphatic carbocycles. The van der Waals surface area contributed by atoms with E-state index in [0.29, 0.717) is 25.2 Å². The number of hydrogen-bond donors (Lipinski definition) is 2. The van der Waals surface area contributed by atoms with Crippen molar-refractivity contribution in [3.8, 4) is 6.07 Å². The number of hydrogen-bond acceptors (Lipinski definition) is 5. The Hall–Kier alpha value is -1.71. The number of ether oxygens (including phenoxy) is 1. The van der Waals surface area contributed by atoms with Gasteiger partial charge in [-0.05, 0) is 24.6 Å². The highest BCUT2D eigenvalue weighted by Crippen LogP contribution is 2.08. The molecule has 1 heterocycles. The van der Waals surface area contributed by atoms with Crippen LogP contribution in [0.1, 0.15) is 18.1 Å². The van der Waals surface area contributed by atoms with Crippen molar-refractivity contribution in [1.82, 2.24) is 10.2 Å². The van der Waals surface area contributed by atoms with Crippen LogP contribution in [0.15, 0.2) is 30.3 Å². The van der Waals surface area contributed by atoms with Gasteiger partial charge in [0.15, 0.2) is 0 Å². The molecule has 124 valence electrons. The zero-order chi connectivity index (χ0) is 16.5. The standard InChI is InChI=1S/C18H25N3O2/c1-18(22,15-21-9-11-23-12-10-21)14-20-8-2-3-16-4-6-17(13-19)7-5-16/h2-7,20,22H,8-12,14-15H2,1H3/b3-2+. The number of nitriles is 1. The van der Waals surface area contributed by atoms with Gasteiger partial charge in [-0.15, -0.1) is 0 Å². The summed E-state index contributed by atoms with van der Waals surface area (Å²) in [6.07, 6.45) is 4.02. The smallest absolute Gasteiger partial charge is 0.0991 e. The molecule has 1 aliphatic heterocycles. The Labute approximate surface area is 138 Å².